The Labute approximate surface area is 252 Å². The van der Waals surface area contributed by atoms with Crippen molar-refractivity contribution in [3.63, 3.8) is 0 Å². The maximum Gasteiger partial charge on any atom is 0.417 e. The van der Waals surface area contributed by atoms with E-state index in [1.54, 1.807) is 38.6 Å². The van der Waals surface area contributed by atoms with E-state index in [1.807, 2.05) is 61.5 Å². The third-order valence-corrected chi connectivity index (χ3v) is 7.56. The molecule has 43 heavy (non-hydrogen) atoms. The molecule has 1 saturated heterocycles. The van der Waals surface area contributed by atoms with Crippen LogP contribution in [0.2, 0.25) is 0 Å². The molecule has 1 aromatic heterocycles. The molecule has 0 bridgehead atoms. The quantitative estimate of drug-likeness (QED) is 0.262. The minimum absolute atomic E-state index is 0.423. The lowest BCUT2D eigenvalue weighted by Crippen LogP contribution is -2.31. The second kappa shape index (κ2) is 13.7. The van der Waals surface area contributed by atoms with Gasteiger partial charge in [-0.15, -0.1) is 0 Å². The third kappa shape index (κ3) is 7.23. The molecule has 0 unspecified atom stereocenters. The van der Waals surface area contributed by atoms with Crippen LogP contribution in [0.3, 0.4) is 0 Å². The van der Waals surface area contributed by atoms with Crippen LogP contribution in [0, 0.1) is 18.3 Å². The van der Waals surface area contributed by atoms with Crippen LogP contribution < -0.4 is 24.4 Å². The number of methoxy groups -OCH3 is 2. The highest BCUT2D eigenvalue weighted by Gasteiger charge is 2.20. The predicted molar refractivity (Wildman–Crippen MR) is 167 cm³/mol. The molecular formula is C34H35N5O4. The smallest absolute Gasteiger partial charge is 0.417 e. The average Bonchev–Trinajstić information content (AvgIpc) is 3.28. The van der Waals surface area contributed by atoms with E-state index in [0.29, 0.717) is 17.0 Å². The summed E-state index contributed by atoms with van der Waals surface area (Å²) >= 11 is 0. The standard InChI is InChI=1S/C34H35N5O4/c1-24-8-14-28(20-29(24)26-11-9-25(21-35)10-12-26)43-34(40)37-27-13-15-33(36-22-27)39-17-5-16-38(18-19-39)23-30-31(41-2)6-4-7-32(30)42-3/h4,6-15,20,22H,5,16-19,23H2,1-3H3,(H,37,40). The number of carbonyl (C=O) groups excluding carboxylic acids is 1. The van der Waals surface area contributed by atoms with Gasteiger partial charge in [0.2, 0.25) is 0 Å². The topological polar surface area (TPSA) is 100.0 Å². The van der Waals surface area contributed by atoms with Gasteiger partial charge < -0.3 is 19.1 Å². The molecule has 1 N–H and O–H groups in total. The van der Waals surface area contributed by atoms with Gasteiger partial charge in [-0.05, 0) is 78.6 Å². The van der Waals surface area contributed by atoms with Gasteiger partial charge in [0, 0.05) is 32.7 Å². The van der Waals surface area contributed by atoms with Crippen LogP contribution >= 0.6 is 0 Å². The molecule has 0 saturated carbocycles. The number of nitrogens with one attached hydrogen (secondary N) is 1. The van der Waals surface area contributed by atoms with Crippen LogP contribution in [-0.2, 0) is 6.54 Å². The Morgan fingerprint density at radius 2 is 1.72 bits per heavy atom. The van der Waals surface area contributed by atoms with E-state index in [0.717, 1.165) is 78.7 Å². The summed E-state index contributed by atoms with van der Waals surface area (Å²) in [7, 11) is 3.37. The first-order chi connectivity index (χ1) is 21.0. The van der Waals surface area contributed by atoms with Gasteiger partial charge in [-0.25, -0.2) is 9.78 Å². The summed E-state index contributed by atoms with van der Waals surface area (Å²) < 4.78 is 16.7. The van der Waals surface area contributed by atoms with Crippen molar-refractivity contribution < 1.29 is 19.0 Å². The van der Waals surface area contributed by atoms with E-state index in [1.165, 1.54) is 0 Å². The number of nitriles is 1. The second-order valence-corrected chi connectivity index (χ2v) is 10.3. The van der Waals surface area contributed by atoms with Gasteiger partial charge >= 0.3 is 6.09 Å². The van der Waals surface area contributed by atoms with E-state index in [4.69, 9.17) is 19.5 Å². The summed E-state index contributed by atoms with van der Waals surface area (Å²) in [5, 5.41) is 11.8. The van der Waals surface area contributed by atoms with Crippen molar-refractivity contribution in [2.75, 3.05) is 50.6 Å². The molecule has 4 aromatic rings. The third-order valence-electron chi connectivity index (χ3n) is 7.56. The summed E-state index contributed by atoms with van der Waals surface area (Å²) in [5.74, 6) is 2.95. The summed E-state index contributed by atoms with van der Waals surface area (Å²) in [6.07, 6.45) is 2.05. The molecule has 3 aromatic carbocycles. The molecule has 9 heteroatoms. The lowest BCUT2D eigenvalue weighted by Gasteiger charge is -2.24. The Bertz CT molecular complexity index is 1580. The molecule has 2 heterocycles. The van der Waals surface area contributed by atoms with Gasteiger partial charge in [-0.2, -0.15) is 5.26 Å². The van der Waals surface area contributed by atoms with Crippen LogP contribution in [0.4, 0.5) is 16.3 Å². The number of hydrogen-bond donors (Lipinski definition) is 1. The van der Waals surface area contributed by atoms with Crippen molar-refractivity contribution in [3.8, 4) is 34.4 Å². The normalized spacial score (nSPS) is 13.5. The fourth-order valence-corrected chi connectivity index (χ4v) is 5.26. The number of aryl methyl sites for hydroxylation is 1. The fourth-order valence-electron chi connectivity index (χ4n) is 5.26. The zero-order chi connectivity index (χ0) is 30.2. The molecule has 1 amide bonds. The van der Waals surface area contributed by atoms with Crippen LogP contribution in [0.1, 0.15) is 23.1 Å². The van der Waals surface area contributed by atoms with Gasteiger partial charge in [-0.3, -0.25) is 10.2 Å². The number of amides is 1. The highest BCUT2D eigenvalue weighted by atomic mass is 16.6. The van der Waals surface area contributed by atoms with Crippen molar-refractivity contribution >= 4 is 17.6 Å². The molecule has 1 aliphatic heterocycles. The Hall–Kier alpha value is -5.07. The van der Waals surface area contributed by atoms with Crippen molar-refractivity contribution in [3.05, 3.63) is 95.7 Å². The molecule has 0 aliphatic carbocycles. The van der Waals surface area contributed by atoms with Gasteiger partial charge in [0.1, 0.15) is 23.1 Å². The lowest BCUT2D eigenvalue weighted by molar-refractivity contribution is 0.215. The molecular weight excluding hydrogens is 542 g/mol. The molecule has 1 aliphatic rings. The molecule has 0 spiro atoms. The molecule has 0 radical (unpaired) electrons. The highest BCUT2D eigenvalue weighted by molar-refractivity contribution is 5.86. The Kier molecular flexibility index (Phi) is 9.39. The first-order valence-electron chi connectivity index (χ1n) is 14.2. The Morgan fingerprint density at radius 3 is 2.40 bits per heavy atom. The summed E-state index contributed by atoms with van der Waals surface area (Å²) in [6, 6.07) is 24.6. The molecule has 9 nitrogen and oxygen atoms in total. The number of anilines is 2. The number of pyridine rings is 1. The number of benzene rings is 3. The van der Waals surface area contributed by atoms with E-state index in [2.05, 4.69) is 26.2 Å². The summed E-state index contributed by atoms with van der Waals surface area (Å²) in [4.78, 5) is 22.0. The van der Waals surface area contributed by atoms with Gasteiger partial charge in [-0.1, -0.05) is 24.3 Å². The minimum atomic E-state index is -0.596. The number of ether oxygens (including phenoxy) is 3. The molecule has 0 atom stereocenters. The second-order valence-electron chi connectivity index (χ2n) is 10.3. The Morgan fingerprint density at radius 1 is 0.953 bits per heavy atom. The van der Waals surface area contributed by atoms with Gasteiger partial charge in [0.05, 0.1) is 43.3 Å². The van der Waals surface area contributed by atoms with Crippen molar-refractivity contribution in [1.29, 1.82) is 5.26 Å². The van der Waals surface area contributed by atoms with Crippen molar-refractivity contribution in [2.24, 2.45) is 0 Å². The van der Waals surface area contributed by atoms with E-state index in [9.17, 15) is 4.79 Å². The summed E-state index contributed by atoms with van der Waals surface area (Å²) in [6.45, 7) is 6.27. The zero-order valence-electron chi connectivity index (χ0n) is 24.7. The SMILES string of the molecule is COc1cccc(OC)c1CN1CCCN(c2ccc(NC(=O)Oc3ccc(C)c(-c4ccc(C#N)cc4)c3)cn2)CC1. The van der Waals surface area contributed by atoms with Crippen molar-refractivity contribution in [2.45, 2.75) is 19.9 Å². The van der Waals surface area contributed by atoms with Gasteiger partial charge in [0.15, 0.2) is 0 Å². The number of carbonyl (C=O) groups is 1. The van der Waals surface area contributed by atoms with Crippen molar-refractivity contribution in [1.82, 2.24) is 9.88 Å². The summed E-state index contributed by atoms with van der Waals surface area (Å²) in [5.41, 5.74) is 5.10. The van der Waals surface area contributed by atoms with Crippen LogP contribution in [0.5, 0.6) is 17.2 Å². The molecule has 220 valence electrons. The predicted octanol–water partition coefficient (Wildman–Crippen LogP) is 6.27. The maximum atomic E-state index is 12.7. The zero-order valence-corrected chi connectivity index (χ0v) is 24.7. The van der Waals surface area contributed by atoms with E-state index >= 15 is 0 Å². The fraction of sp³-hybridized carbons (Fsp3) is 0.265. The first-order valence-corrected chi connectivity index (χ1v) is 14.2. The van der Waals surface area contributed by atoms with E-state index in [-0.39, 0.29) is 0 Å². The number of hydrogen-bond acceptors (Lipinski definition) is 8. The monoisotopic (exact) mass is 577 g/mol. The number of rotatable bonds is 8. The Balaban J connectivity index is 1.17. The van der Waals surface area contributed by atoms with Crippen LogP contribution in [0.15, 0.2) is 79.0 Å². The van der Waals surface area contributed by atoms with Crippen LogP contribution in [-0.4, -0.2) is 56.4 Å². The maximum absolute atomic E-state index is 12.7. The number of nitrogens with zero attached hydrogens (tertiary/aromatic N) is 4. The highest BCUT2D eigenvalue weighted by Crippen LogP contribution is 2.31. The average molecular weight is 578 g/mol. The number of aromatic nitrogens is 1. The van der Waals surface area contributed by atoms with Crippen LogP contribution in [0.25, 0.3) is 11.1 Å². The first kappa shape index (κ1) is 29.4. The van der Waals surface area contributed by atoms with E-state index < -0.39 is 6.09 Å². The lowest BCUT2D eigenvalue weighted by atomic mass is 9.99. The minimum Gasteiger partial charge on any atom is -0.496 e. The molecule has 5 rings (SSSR count). The van der Waals surface area contributed by atoms with Gasteiger partial charge in [0.25, 0.3) is 0 Å². The molecule has 1 fully saturated rings. The largest absolute Gasteiger partial charge is 0.496 e.